The molecule has 1 amide bonds. The van der Waals surface area contributed by atoms with E-state index in [1.54, 1.807) is 18.2 Å². The van der Waals surface area contributed by atoms with Gasteiger partial charge >= 0.3 is 0 Å². The second-order valence-corrected chi connectivity index (χ2v) is 5.87. The van der Waals surface area contributed by atoms with Gasteiger partial charge in [0, 0.05) is 0 Å². The fourth-order valence-electron chi connectivity index (χ4n) is 2.50. The number of ether oxygens (including phenoxy) is 2. The van der Waals surface area contributed by atoms with Gasteiger partial charge in [0.1, 0.15) is 5.75 Å². The van der Waals surface area contributed by atoms with E-state index in [-0.39, 0.29) is 12.4 Å². The highest BCUT2D eigenvalue weighted by Crippen LogP contribution is 2.22. The molecule has 5 nitrogen and oxygen atoms in total. The lowest BCUT2D eigenvalue weighted by Gasteiger charge is -2.06. The number of nitrogens with zero attached hydrogens (tertiary/aromatic N) is 1. The molecule has 0 saturated carbocycles. The molecule has 0 fully saturated rings. The van der Waals surface area contributed by atoms with Gasteiger partial charge < -0.3 is 9.47 Å². The van der Waals surface area contributed by atoms with E-state index in [2.05, 4.69) is 10.5 Å². The zero-order chi connectivity index (χ0) is 19.8. The summed E-state index contributed by atoms with van der Waals surface area (Å²) in [5.41, 5.74) is 5.01. The molecule has 3 aromatic carbocycles. The van der Waals surface area contributed by atoms with Gasteiger partial charge in [0.2, 0.25) is 0 Å². The minimum Gasteiger partial charge on any atom is -0.494 e. The lowest BCUT2D eigenvalue weighted by molar-refractivity contribution is -0.123. The molecule has 3 aromatic rings. The molecule has 0 aliphatic heterocycles. The zero-order valence-electron chi connectivity index (χ0n) is 15.3. The summed E-state index contributed by atoms with van der Waals surface area (Å²) in [5.74, 6) is -0.193. The number of benzene rings is 3. The van der Waals surface area contributed by atoms with Gasteiger partial charge in [-0.2, -0.15) is 5.10 Å². The van der Waals surface area contributed by atoms with Crippen molar-refractivity contribution in [2.75, 3.05) is 13.7 Å². The van der Waals surface area contributed by atoms with Gasteiger partial charge in [0.15, 0.2) is 18.2 Å². The largest absolute Gasteiger partial charge is 0.494 e. The lowest BCUT2D eigenvalue weighted by Crippen LogP contribution is -2.24. The normalized spacial score (nSPS) is 10.6. The van der Waals surface area contributed by atoms with Crippen LogP contribution in [-0.4, -0.2) is 25.8 Å². The van der Waals surface area contributed by atoms with Gasteiger partial charge in [-0.05, 0) is 47.0 Å². The summed E-state index contributed by atoms with van der Waals surface area (Å²) < 4.78 is 23.9. The van der Waals surface area contributed by atoms with Crippen molar-refractivity contribution < 1.29 is 18.7 Å². The van der Waals surface area contributed by atoms with Crippen LogP contribution in [-0.2, 0) is 4.79 Å². The molecule has 0 unspecified atom stereocenters. The van der Waals surface area contributed by atoms with Crippen LogP contribution in [0.4, 0.5) is 4.39 Å². The van der Waals surface area contributed by atoms with Crippen molar-refractivity contribution in [2.24, 2.45) is 5.10 Å². The predicted octanol–water partition coefficient (Wildman–Crippen LogP) is 4.03. The van der Waals surface area contributed by atoms with E-state index in [9.17, 15) is 9.18 Å². The second kappa shape index (κ2) is 9.32. The van der Waals surface area contributed by atoms with Gasteiger partial charge in [-0.1, -0.05) is 42.5 Å². The molecule has 0 aliphatic rings. The number of methoxy groups -OCH3 is 1. The van der Waals surface area contributed by atoms with E-state index in [1.807, 2.05) is 42.5 Å². The third-order valence-electron chi connectivity index (χ3n) is 3.91. The van der Waals surface area contributed by atoms with Crippen LogP contribution >= 0.6 is 0 Å². The van der Waals surface area contributed by atoms with Crippen LogP contribution in [0, 0.1) is 5.82 Å². The Morgan fingerprint density at radius 1 is 1.04 bits per heavy atom. The molecular formula is C22H19FN2O3. The Kier molecular flexibility index (Phi) is 6.36. The maximum Gasteiger partial charge on any atom is 0.277 e. The van der Waals surface area contributed by atoms with Gasteiger partial charge in [-0.3, -0.25) is 4.79 Å². The number of halogens is 1. The monoisotopic (exact) mass is 378 g/mol. The smallest absolute Gasteiger partial charge is 0.277 e. The summed E-state index contributed by atoms with van der Waals surface area (Å²) in [7, 11) is 1.39. The molecule has 0 aliphatic carbocycles. The maximum absolute atomic E-state index is 13.6. The predicted molar refractivity (Wildman–Crippen MR) is 106 cm³/mol. The van der Waals surface area contributed by atoms with Crippen molar-refractivity contribution in [3.05, 3.63) is 84.2 Å². The standard InChI is InChI=1S/C22H19FN2O3/c1-27-21-12-7-16(13-20(21)23)14-24-25-22(26)15-28-19-10-8-18(9-11-19)17-5-3-2-4-6-17/h2-14H,15H2,1H3,(H,25,26)/b24-14-. The SMILES string of the molecule is COc1ccc(/C=N\NC(=O)COc2ccc(-c3ccccc3)cc2)cc1F. The number of carbonyl (C=O) groups is 1. The molecule has 6 heteroatoms. The molecule has 0 heterocycles. The Hall–Kier alpha value is -3.67. The summed E-state index contributed by atoms with van der Waals surface area (Å²) in [4.78, 5) is 11.8. The highest BCUT2D eigenvalue weighted by molar-refractivity contribution is 5.83. The van der Waals surface area contributed by atoms with Crippen LogP contribution in [0.3, 0.4) is 0 Å². The van der Waals surface area contributed by atoms with E-state index in [0.717, 1.165) is 11.1 Å². The number of hydrazone groups is 1. The Morgan fingerprint density at radius 3 is 2.43 bits per heavy atom. The molecule has 0 aromatic heterocycles. The van der Waals surface area contributed by atoms with E-state index in [0.29, 0.717) is 11.3 Å². The summed E-state index contributed by atoms with van der Waals surface area (Å²) in [6.45, 7) is -0.182. The molecule has 0 saturated heterocycles. The minimum absolute atomic E-state index is 0.146. The van der Waals surface area contributed by atoms with Crippen molar-refractivity contribution in [2.45, 2.75) is 0 Å². The Morgan fingerprint density at radius 2 is 1.75 bits per heavy atom. The molecular weight excluding hydrogens is 359 g/mol. The summed E-state index contributed by atoms with van der Waals surface area (Å²) in [5, 5.41) is 3.79. The van der Waals surface area contributed by atoms with Crippen LogP contribution in [0.5, 0.6) is 11.5 Å². The fraction of sp³-hybridized carbons (Fsp3) is 0.0909. The molecule has 28 heavy (non-hydrogen) atoms. The zero-order valence-corrected chi connectivity index (χ0v) is 15.3. The van der Waals surface area contributed by atoms with Gasteiger partial charge in [0.05, 0.1) is 13.3 Å². The van der Waals surface area contributed by atoms with Gasteiger partial charge in [-0.15, -0.1) is 0 Å². The quantitative estimate of drug-likeness (QED) is 0.499. The number of rotatable bonds is 7. The lowest BCUT2D eigenvalue weighted by atomic mass is 10.1. The van der Waals surface area contributed by atoms with Crippen molar-refractivity contribution in [1.82, 2.24) is 5.43 Å². The van der Waals surface area contributed by atoms with E-state index < -0.39 is 11.7 Å². The Labute approximate surface area is 162 Å². The number of hydrogen-bond acceptors (Lipinski definition) is 4. The van der Waals surface area contributed by atoms with Crippen molar-refractivity contribution in [1.29, 1.82) is 0 Å². The van der Waals surface area contributed by atoms with Crippen molar-refractivity contribution in [3.63, 3.8) is 0 Å². The number of nitrogens with one attached hydrogen (secondary N) is 1. The van der Waals surface area contributed by atoms with E-state index in [1.165, 1.54) is 25.5 Å². The molecule has 3 rings (SSSR count). The molecule has 142 valence electrons. The number of carbonyl (C=O) groups excluding carboxylic acids is 1. The average molecular weight is 378 g/mol. The third-order valence-corrected chi connectivity index (χ3v) is 3.91. The van der Waals surface area contributed by atoms with Crippen molar-refractivity contribution >= 4 is 12.1 Å². The number of hydrogen-bond donors (Lipinski definition) is 1. The summed E-state index contributed by atoms with van der Waals surface area (Å²) in [6, 6.07) is 21.8. The summed E-state index contributed by atoms with van der Waals surface area (Å²) >= 11 is 0. The highest BCUT2D eigenvalue weighted by atomic mass is 19.1. The van der Waals surface area contributed by atoms with Crippen LogP contribution in [0.15, 0.2) is 77.9 Å². The first-order valence-electron chi connectivity index (χ1n) is 8.59. The van der Waals surface area contributed by atoms with Gasteiger partial charge in [-0.25, -0.2) is 9.82 Å². The van der Waals surface area contributed by atoms with E-state index >= 15 is 0 Å². The second-order valence-electron chi connectivity index (χ2n) is 5.87. The Balaban J connectivity index is 1.48. The van der Waals surface area contributed by atoms with E-state index in [4.69, 9.17) is 9.47 Å². The molecule has 0 atom stereocenters. The molecule has 0 bridgehead atoms. The van der Waals surface area contributed by atoms with Crippen LogP contribution in [0.25, 0.3) is 11.1 Å². The highest BCUT2D eigenvalue weighted by Gasteiger charge is 2.04. The fourth-order valence-corrected chi connectivity index (χ4v) is 2.50. The minimum atomic E-state index is -0.500. The topological polar surface area (TPSA) is 59.9 Å². The molecule has 1 N–H and O–H groups in total. The summed E-state index contributed by atoms with van der Waals surface area (Å²) in [6.07, 6.45) is 1.34. The average Bonchev–Trinajstić information content (AvgIpc) is 2.73. The van der Waals surface area contributed by atoms with Crippen molar-refractivity contribution in [3.8, 4) is 22.6 Å². The first-order chi connectivity index (χ1) is 13.7. The van der Waals surface area contributed by atoms with Crippen LogP contribution in [0.2, 0.25) is 0 Å². The number of amides is 1. The van der Waals surface area contributed by atoms with Crippen LogP contribution in [0.1, 0.15) is 5.56 Å². The first kappa shape index (κ1) is 19.1. The molecule has 0 spiro atoms. The Bertz CT molecular complexity index is 957. The van der Waals surface area contributed by atoms with Crippen LogP contribution < -0.4 is 14.9 Å². The molecule has 0 radical (unpaired) electrons. The first-order valence-corrected chi connectivity index (χ1v) is 8.59. The third kappa shape index (κ3) is 5.17. The van der Waals surface area contributed by atoms with Gasteiger partial charge in [0.25, 0.3) is 5.91 Å². The maximum atomic E-state index is 13.6.